The summed E-state index contributed by atoms with van der Waals surface area (Å²) in [6.45, 7) is 4.13. The minimum atomic E-state index is 0.791. The van der Waals surface area contributed by atoms with Crippen LogP contribution in [0.5, 0.6) is 0 Å². The number of nitrogens with one attached hydrogen (secondary N) is 1. The predicted molar refractivity (Wildman–Crippen MR) is 60.5 cm³/mol. The van der Waals surface area contributed by atoms with Crippen LogP contribution >= 0.6 is 27.5 Å². The van der Waals surface area contributed by atoms with E-state index in [0.717, 1.165) is 20.4 Å². The molecular formula is C10H9BrClN. The van der Waals surface area contributed by atoms with Gasteiger partial charge in [-0.3, -0.25) is 0 Å². The Bertz CT molecular complexity index is 473. The highest BCUT2D eigenvalue weighted by Crippen LogP contribution is 2.33. The zero-order valence-corrected chi connectivity index (χ0v) is 9.75. The number of aryl methyl sites for hydroxylation is 2. The summed E-state index contributed by atoms with van der Waals surface area (Å²) in [4.78, 5) is 3.29. The molecule has 0 aliphatic carbocycles. The number of rotatable bonds is 0. The van der Waals surface area contributed by atoms with Crippen molar-refractivity contribution in [3.05, 3.63) is 32.9 Å². The van der Waals surface area contributed by atoms with Gasteiger partial charge < -0.3 is 4.98 Å². The van der Waals surface area contributed by atoms with Crippen molar-refractivity contribution in [1.29, 1.82) is 0 Å². The molecule has 2 rings (SSSR count). The van der Waals surface area contributed by atoms with Crippen LogP contribution in [0, 0.1) is 13.8 Å². The molecule has 1 heterocycles. The molecule has 1 N–H and O–H groups in total. The number of halogens is 2. The minimum Gasteiger partial charge on any atom is -0.358 e. The van der Waals surface area contributed by atoms with Crippen molar-refractivity contribution in [3.63, 3.8) is 0 Å². The van der Waals surface area contributed by atoms with E-state index >= 15 is 0 Å². The lowest BCUT2D eigenvalue weighted by atomic mass is 10.1. The first kappa shape index (κ1) is 9.10. The lowest BCUT2D eigenvalue weighted by Crippen LogP contribution is -1.74. The molecule has 3 heteroatoms. The molecule has 13 heavy (non-hydrogen) atoms. The number of hydrogen-bond donors (Lipinski definition) is 1. The molecule has 0 aliphatic heterocycles. The second-order valence-electron chi connectivity index (χ2n) is 3.16. The van der Waals surface area contributed by atoms with E-state index in [-0.39, 0.29) is 0 Å². The first-order chi connectivity index (χ1) is 6.11. The number of benzene rings is 1. The van der Waals surface area contributed by atoms with Gasteiger partial charge in [-0.25, -0.2) is 0 Å². The van der Waals surface area contributed by atoms with E-state index in [2.05, 4.69) is 34.8 Å². The average molecular weight is 259 g/mol. The van der Waals surface area contributed by atoms with Crippen LogP contribution in [0.2, 0.25) is 5.02 Å². The van der Waals surface area contributed by atoms with Crippen LogP contribution in [0.1, 0.15) is 11.3 Å². The highest BCUT2D eigenvalue weighted by molar-refractivity contribution is 9.10. The van der Waals surface area contributed by atoms with Crippen molar-refractivity contribution in [3.8, 4) is 0 Å². The minimum absolute atomic E-state index is 0.791. The predicted octanol–water partition coefficient (Wildman–Crippen LogP) is 4.20. The molecule has 0 amide bonds. The maximum atomic E-state index is 6.18. The van der Waals surface area contributed by atoms with Gasteiger partial charge >= 0.3 is 0 Å². The molecule has 1 aromatic carbocycles. The molecule has 0 spiro atoms. The summed E-state index contributed by atoms with van der Waals surface area (Å²) in [5.41, 5.74) is 3.50. The van der Waals surface area contributed by atoms with Gasteiger partial charge in [-0.1, -0.05) is 11.6 Å². The summed E-state index contributed by atoms with van der Waals surface area (Å²) in [5, 5.41) is 1.91. The van der Waals surface area contributed by atoms with E-state index in [4.69, 9.17) is 11.6 Å². The zero-order chi connectivity index (χ0) is 9.59. The summed E-state index contributed by atoms with van der Waals surface area (Å²) >= 11 is 9.59. The Morgan fingerprint density at radius 1 is 1.31 bits per heavy atom. The van der Waals surface area contributed by atoms with E-state index in [9.17, 15) is 0 Å². The number of H-pyrrole nitrogens is 1. The van der Waals surface area contributed by atoms with Gasteiger partial charge in [0.2, 0.25) is 0 Å². The average Bonchev–Trinajstić information content (AvgIpc) is 2.37. The second kappa shape index (κ2) is 3.03. The highest BCUT2D eigenvalue weighted by atomic mass is 79.9. The first-order valence-electron chi connectivity index (χ1n) is 4.04. The smallest absolute Gasteiger partial charge is 0.0644 e. The molecule has 1 nitrogen and oxygen atoms in total. The molecule has 0 atom stereocenters. The van der Waals surface area contributed by atoms with Gasteiger partial charge in [0, 0.05) is 21.1 Å². The number of aromatic nitrogens is 1. The van der Waals surface area contributed by atoms with Gasteiger partial charge in [-0.05, 0) is 47.5 Å². The largest absolute Gasteiger partial charge is 0.358 e. The molecule has 0 saturated carbocycles. The van der Waals surface area contributed by atoms with Crippen LogP contribution in [0.4, 0.5) is 0 Å². The molecule has 0 fully saturated rings. The van der Waals surface area contributed by atoms with Crippen molar-refractivity contribution in [1.82, 2.24) is 4.98 Å². The fourth-order valence-corrected chi connectivity index (χ4v) is 2.14. The van der Waals surface area contributed by atoms with Crippen molar-refractivity contribution in [2.24, 2.45) is 0 Å². The van der Waals surface area contributed by atoms with Crippen molar-refractivity contribution in [2.75, 3.05) is 0 Å². The Morgan fingerprint density at radius 3 is 2.69 bits per heavy atom. The monoisotopic (exact) mass is 257 g/mol. The Labute approximate surface area is 90.2 Å². The fraction of sp³-hybridized carbons (Fsp3) is 0.200. The standard InChI is InChI=1S/C10H9BrClN/c1-5-6(2)13-8-4-3-7(11)10(12)9(5)8/h3-4,13H,1-2H3. The Kier molecular flexibility index (Phi) is 2.12. The third kappa shape index (κ3) is 1.29. The Morgan fingerprint density at radius 2 is 2.00 bits per heavy atom. The summed E-state index contributed by atoms with van der Waals surface area (Å²) in [6.07, 6.45) is 0. The molecule has 0 bridgehead atoms. The summed E-state index contributed by atoms with van der Waals surface area (Å²) in [5.74, 6) is 0. The Balaban J connectivity index is 2.97. The summed E-state index contributed by atoms with van der Waals surface area (Å²) in [7, 11) is 0. The van der Waals surface area contributed by atoms with E-state index in [1.54, 1.807) is 0 Å². The number of hydrogen-bond acceptors (Lipinski definition) is 0. The van der Waals surface area contributed by atoms with Crippen molar-refractivity contribution < 1.29 is 0 Å². The van der Waals surface area contributed by atoms with Gasteiger partial charge in [-0.2, -0.15) is 0 Å². The Hall–Kier alpha value is -0.470. The van der Waals surface area contributed by atoms with Crippen LogP contribution in [0.15, 0.2) is 16.6 Å². The van der Waals surface area contributed by atoms with Crippen molar-refractivity contribution in [2.45, 2.75) is 13.8 Å². The van der Waals surface area contributed by atoms with Gasteiger partial charge in [0.25, 0.3) is 0 Å². The van der Waals surface area contributed by atoms with Gasteiger partial charge in [-0.15, -0.1) is 0 Å². The zero-order valence-electron chi connectivity index (χ0n) is 7.41. The molecule has 2 aromatic rings. The third-order valence-electron chi connectivity index (χ3n) is 2.35. The van der Waals surface area contributed by atoms with E-state index in [0.29, 0.717) is 0 Å². The lowest BCUT2D eigenvalue weighted by Gasteiger charge is -1.98. The quantitative estimate of drug-likeness (QED) is 0.729. The van der Waals surface area contributed by atoms with Crippen LogP contribution in [-0.4, -0.2) is 4.98 Å². The summed E-state index contributed by atoms with van der Waals surface area (Å²) in [6, 6.07) is 3.99. The summed E-state index contributed by atoms with van der Waals surface area (Å²) < 4.78 is 0.948. The lowest BCUT2D eigenvalue weighted by molar-refractivity contribution is 1.25. The van der Waals surface area contributed by atoms with Crippen LogP contribution < -0.4 is 0 Å². The van der Waals surface area contributed by atoms with Gasteiger partial charge in [0.1, 0.15) is 0 Å². The molecule has 0 aliphatic rings. The molecular weight excluding hydrogens is 249 g/mol. The molecule has 1 aromatic heterocycles. The fourth-order valence-electron chi connectivity index (χ4n) is 1.50. The molecule has 0 unspecified atom stereocenters. The van der Waals surface area contributed by atoms with E-state index in [1.165, 1.54) is 11.3 Å². The van der Waals surface area contributed by atoms with E-state index in [1.807, 2.05) is 12.1 Å². The van der Waals surface area contributed by atoms with Crippen LogP contribution in [-0.2, 0) is 0 Å². The molecule has 68 valence electrons. The molecule has 0 radical (unpaired) electrons. The maximum absolute atomic E-state index is 6.18. The van der Waals surface area contributed by atoms with E-state index < -0.39 is 0 Å². The highest BCUT2D eigenvalue weighted by Gasteiger charge is 2.09. The van der Waals surface area contributed by atoms with Crippen LogP contribution in [0.25, 0.3) is 10.9 Å². The third-order valence-corrected chi connectivity index (χ3v) is 3.64. The number of aromatic amines is 1. The first-order valence-corrected chi connectivity index (χ1v) is 5.21. The van der Waals surface area contributed by atoms with Crippen LogP contribution in [0.3, 0.4) is 0 Å². The second-order valence-corrected chi connectivity index (χ2v) is 4.39. The SMILES string of the molecule is Cc1[nH]c2ccc(Br)c(Cl)c2c1C. The number of fused-ring (bicyclic) bond motifs is 1. The molecule has 0 saturated heterocycles. The maximum Gasteiger partial charge on any atom is 0.0644 e. The normalized spacial score (nSPS) is 11.1. The van der Waals surface area contributed by atoms with Gasteiger partial charge in [0.05, 0.1) is 5.02 Å². The van der Waals surface area contributed by atoms with Crippen molar-refractivity contribution >= 4 is 38.4 Å². The topological polar surface area (TPSA) is 15.8 Å². The van der Waals surface area contributed by atoms with Gasteiger partial charge in [0.15, 0.2) is 0 Å².